The number of rotatable bonds is 2. The van der Waals surface area contributed by atoms with Gasteiger partial charge in [0.25, 0.3) is 0 Å². The summed E-state index contributed by atoms with van der Waals surface area (Å²) in [5.74, 6) is -1.06. The number of fused-ring (bicyclic) bond motifs is 3. The molecule has 2 amide bonds. The highest BCUT2D eigenvalue weighted by molar-refractivity contribution is 6.09. The molecule has 3 heterocycles. The Morgan fingerprint density at radius 2 is 1.75 bits per heavy atom. The molecule has 28 heavy (non-hydrogen) atoms. The van der Waals surface area contributed by atoms with Crippen molar-refractivity contribution >= 4 is 11.8 Å². The first kappa shape index (κ1) is 17.8. The number of carbonyl (C=O) groups is 2. The van der Waals surface area contributed by atoms with Gasteiger partial charge in [-0.05, 0) is 44.7 Å². The fourth-order valence-electron chi connectivity index (χ4n) is 6.15. The van der Waals surface area contributed by atoms with Gasteiger partial charge in [0.05, 0.1) is 24.5 Å². The van der Waals surface area contributed by atoms with Gasteiger partial charge in [0.15, 0.2) is 0 Å². The summed E-state index contributed by atoms with van der Waals surface area (Å²) in [4.78, 5) is 34.9. The van der Waals surface area contributed by atoms with Crippen LogP contribution in [0.15, 0.2) is 54.1 Å². The van der Waals surface area contributed by atoms with Gasteiger partial charge in [-0.25, -0.2) is 0 Å². The Labute approximate surface area is 165 Å². The minimum atomic E-state index is -0.766. The summed E-state index contributed by atoms with van der Waals surface area (Å²) in [5, 5.41) is 1.97. The van der Waals surface area contributed by atoms with Crippen LogP contribution in [0.1, 0.15) is 39.2 Å². The second-order valence-electron chi connectivity index (χ2n) is 9.27. The Morgan fingerprint density at radius 1 is 1.07 bits per heavy atom. The van der Waals surface area contributed by atoms with Gasteiger partial charge in [0.1, 0.15) is 5.54 Å². The Kier molecular flexibility index (Phi) is 3.45. The summed E-state index contributed by atoms with van der Waals surface area (Å²) >= 11 is 0. The molecule has 4 aliphatic rings. The second-order valence-corrected chi connectivity index (χ2v) is 9.27. The minimum Gasteiger partial charge on any atom is -0.300 e. The quantitative estimate of drug-likeness (QED) is 0.742. The molecule has 0 N–H and O–H groups in total. The molecule has 2 fully saturated rings. The van der Waals surface area contributed by atoms with Crippen LogP contribution in [0, 0.1) is 11.8 Å². The summed E-state index contributed by atoms with van der Waals surface area (Å²) in [6.45, 7) is 5.80. The minimum absolute atomic E-state index is 0.0664. The third-order valence-electron chi connectivity index (χ3n) is 6.95. The first-order valence-corrected chi connectivity index (χ1v) is 9.98. The molecule has 2 bridgehead atoms. The molecule has 5 heteroatoms. The molecular formula is C23H26N2O3. The zero-order chi connectivity index (χ0) is 19.9. The van der Waals surface area contributed by atoms with E-state index in [-0.39, 0.29) is 11.8 Å². The second kappa shape index (κ2) is 5.43. The van der Waals surface area contributed by atoms with Crippen molar-refractivity contribution in [1.82, 2.24) is 9.96 Å². The van der Waals surface area contributed by atoms with E-state index in [2.05, 4.69) is 18.2 Å². The maximum atomic E-state index is 13.7. The van der Waals surface area contributed by atoms with Crippen LogP contribution in [0.25, 0.3) is 0 Å². The average molecular weight is 378 g/mol. The fourth-order valence-corrected chi connectivity index (χ4v) is 6.15. The first-order chi connectivity index (χ1) is 13.3. The number of imide groups is 1. The SMILES string of the molecule is CON1[C@]2(c3ccccc3)C=C3C=CCC[C@]31[C@H]1C(=O)N(C(C)(C)C)C(=O)[C@H]12. The lowest BCUT2D eigenvalue weighted by molar-refractivity contribution is -0.220. The van der Waals surface area contributed by atoms with Gasteiger partial charge in [-0.3, -0.25) is 14.5 Å². The smallest absolute Gasteiger partial charge is 0.236 e. The summed E-state index contributed by atoms with van der Waals surface area (Å²) < 4.78 is 0. The van der Waals surface area contributed by atoms with E-state index in [1.165, 1.54) is 4.90 Å². The monoisotopic (exact) mass is 378 g/mol. The number of nitrogens with zero attached hydrogens (tertiary/aromatic N) is 2. The molecule has 4 atom stereocenters. The van der Waals surface area contributed by atoms with E-state index in [0.29, 0.717) is 0 Å². The highest BCUT2D eigenvalue weighted by Gasteiger charge is 2.79. The lowest BCUT2D eigenvalue weighted by atomic mass is 9.64. The Morgan fingerprint density at radius 3 is 2.39 bits per heavy atom. The Bertz CT molecular complexity index is 929. The van der Waals surface area contributed by atoms with Gasteiger partial charge < -0.3 is 4.84 Å². The number of hydrogen-bond acceptors (Lipinski definition) is 4. The lowest BCUT2D eigenvalue weighted by Gasteiger charge is -2.43. The average Bonchev–Trinajstić information content (AvgIpc) is 3.21. The molecule has 1 aromatic rings. The van der Waals surface area contributed by atoms with E-state index in [1.54, 1.807) is 7.11 Å². The van der Waals surface area contributed by atoms with Crippen LogP contribution >= 0.6 is 0 Å². The number of hydrogen-bond donors (Lipinski definition) is 0. The van der Waals surface area contributed by atoms with Crippen molar-refractivity contribution in [3.63, 3.8) is 0 Å². The zero-order valence-corrected chi connectivity index (χ0v) is 16.8. The summed E-state index contributed by atoms with van der Waals surface area (Å²) in [6.07, 6.45) is 8.09. The Hall–Kier alpha value is -2.24. The van der Waals surface area contributed by atoms with Gasteiger partial charge in [0, 0.05) is 5.54 Å². The molecule has 0 saturated carbocycles. The maximum Gasteiger partial charge on any atom is 0.236 e. The topological polar surface area (TPSA) is 49.9 Å². The van der Waals surface area contributed by atoms with Crippen LogP contribution in [-0.4, -0.2) is 40.0 Å². The van der Waals surface area contributed by atoms with Crippen LogP contribution in [-0.2, 0) is 20.0 Å². The van der Waals surface area contributed by atoms with Gasteiger partial charge in [0.2, 0.25) is 11.8 Å². The highest BCUT2D eigenvalue weighted by atomic mass is 16.7. The van der Waals surface area contributed by atoms with E-state index in [1.807, 2.05) is 56.2 Å². The van der Waals surface area contributed by atoms with Gasteiger partial charge in [-0.1, -0.05) is 48.6 Å². The largest absolute Gasteiger partial charge is 0.300 e. The third-order valence-corrected chi connectivity index (χ3v) is 6.95. The number of carbonyl (C=O) groups excluding carboxylic acids is 2. The van der Waals surface area contributed by atoms with Crippen LogP contribution in [0.3, 0.4) is 0 Å². The van der Waals surface area contributed by atoms with E-state index >= 15 is 0 Å². The maximum absolute atomic E-state index is 13.7. The number of amides is 2. The van der Waals surface area contributed by atoms with E-state index in [4.69, 9.17) is 4.84 Å². The molecule has 2 saturated heterocycles. The van der Waals surface area contributed by atoms with Crippen LogP contribution < -0.4 is 0 Å². The van der Waals surface area contributed by atoms with Crippen molar-refractivity contribution in [2.75, 3.05) is 7.11 Å². The fraction of sp³-hybridized carbons (Fsp3) is 0.478. The van der Waals surface area contributed by atoms with Crippen LogP contribution in [0.2, 0.25) is 0 Å². The first-order valence-electron chi connectivity index (χ1n) is 9.98. The highest BCUT2D eigenvalue weighted by Crippen LogP contribution is 2.68. The zero-order valence-electron chi connectivity index (χ0n) is 16.8. The molecule has 1 aromatic carbocycles. The van der Waals surface area contributed by atoms with Gasteiger partial charge in [-0.2, -0.15) is 5.06 Å². The van der Waals surface area contributed by atoms with Crippen molar-refractivity contribution < 1.29 is 14.4 Å². The number of hydroxylamine groups is 2. The molecule has 146 valence electrons. The molecule has 5 rings (SSSR count). The molecule has 5 nitrogen and oxygen atoms in total. The molecule has 3 aliphatic heterocycles. The predicted molar refractivity (Wildman–Crippen MR) is 105 cm³/mol. The van der Waals surface area contributed by atoms with E-state index in [9.17, 15) is 9.59 Å². The molecule has 0 unspecified atom stereocenters. The summed E-state index contributed by atoms with van der Waals surface area (Å²) in [5.41, 5.74) is 0.196. The third kappa shape index (κ3) is 1.80. The van der Waals surface area contributed by atoms with Crippen LogP contribution in [0.5, 0.6) is 0 Å². The van der Waals surface area contributed by atoms with Crippen molar-refractivity contribution in [3.8, 4) is 0 Å². The molecule has 1 aliphatic carbocycles. The van der Waals surface area contributed by atoms with Crippen molar-refractivity contribution in [3.05, 3.63) is 59.7 Å². The molecule has 1 spiro atoms. The normalized spacial score (nSPS) is 36.7. The molecular weight excluding hydrogens is 352 g/mol. The summed E-state index contributed by atoms with van der Waals surface area (Å²) in [6, 6.07) is 10.0. The van der Waals surface area contributed by atoms with Crippen molar-refractivity contribution in [1.29, 1.82) is 0 Å². The molecule has 0 aromatic heterocycles. The van der Waals surface area contributed by atoms with Crippen molar-refractivity contribution in [2.45, 2.75) is 50.2 Å². The van der Waals surface area contributed by atoms with E-state index < -0.39 is 28.5 Å². The number of allylic oxidation sites excluding steroid dienone is 1. The van der Waals surface area contributed by atoms with Gasteiger partial charge >= 0.3 is 0 Å². The summed E-state index contributed by atoms with van der Waals surface area (Å²) in [7, 11) is 1.66. The predicted octanol–water partition coefficient (Wildman–Crippen LogP) is 3.19. The number of benzene rings is 1. The standard InChI is InChI=1S/C23H26N2O3/c1-21(2,3)24-19(26)17-18(20(24)27)23(15-10-6-5-7-11-15)14-16-12-8-9-13-22(16,17)25(23)28-4/h5-8,10-12,14,17-18H,9,13H2,1-4H3/t17-,18+,22-,23+/m1/s1. The van der Waals surface area contributed by atoms with E-state index in [0.717, 1.165) is 24.0 Å². The van der Waals surface area contributed by atoms with Gasteiger partial charge in [-0.15, -0.1) is 0 Å². The van der Waals surface area contributed by atoms with Crippen LogP contribution in [0.4, 0.5) is 0 Å². The number of likely N-dealkylation sites (tertiary alicyclic amines) is 1. The lowest BCUT2D eigenvalue weighted by Crippen LogP contribution is -2.56. The van der Waals surface area contributed by atoms with Crippen molar-refractivity contribution in [2.24, 2.45) is 11.8 Å². The molecule has 0 radical (unpaired) electrons. The Balaban J connectivity index is 1.81.